The third-order valence-electron chi connectivity index (χ3n) is 3.78. The van der Waals surface area contributed by atoms with Gasteiger partial charge in [0, 0.05) is 6.04 Å². The number of hydrogen-bond acceptors (Lipinski definition) is 1. The van der Waals surface area contributed by atoms with Crippen LogP contribution in [0.3, 0.4) is 0 Å². The normalized spacial score (nSPS) is 16.6. The van der Waals surface area contributed by atoms with Gasteiger partial charge in [-0.15, -0.1) is 0 Å². The Hall–Kier alpha value is -0.990. The molecule has 1 fully saturated rings. The number of allylic oxidation sites excluding steroid dienone is 2. The Morgan fingerprint density at radius 1 is 1.30 bits per heavy atom. The molecule has 20 heavy (non-hydrogen) atoms. The van der Waals surface area contributed by atoms with E-state index < -0.39 is 6.09 Å². The van der Waals surface area contributed by atoms with Crippen LogP contribution >= 0.6 is 0 Å². The molecule has 3 heteroatoms. The molecule has 1 amide bonds. The maximum Gasteiger partial charge on any atom is 0.404 e. The van der Waals surface area contributed by atoms with Crippen LogP contribution in [0, 0.1) is 5.92 Å². The average molecular weight is 283 g/mol. The predicted octanol–water partition coefficient (Wildman–Crippen LogP) is 5.37. The largest absolute Gasteiger partial charge is 0.465 e. The molecule has 0 aromatic rings. The van der Waals surface area contributed by atoms with E-state index in [-0.39, 0.29) is 6.04 Å². The molecule has 0 aromatic heterocycles. The molecule has 1 rings (SSSR count). The highest BCUT2D eigenvalue weighted by atomic mass is 16.4. The quantitative estimate of drug-likeness (QED) is 0.667. The molecule has 0 saturated heterocycles. The van der Waals surface area contributed by atoms with E-state index in [2.05, 4.69) is 39.1 Å². The summed E-state index contributed by atoms with van der Waals surface area (Å²) in [6.07, 6.45) is 11.0. The molecular weight excluding hydrogens is 250 g/mol. The van der Waals surface area contributed by atoms with E-state index in [9.17, 15) is 4.79 Å². The van der Waals surface area contributed by atoms with Crippen LogP contribution in [0.25, 0.3) is 0 Å². The summed E-state index contributed by atoms with van der Waals surface area (Å²) in [6, 6.07) is 0.228. The van der Waals surface area contributed by atoms with Gasteiger partial charge < -0.3 is 10.4 Å². The first-order valence-corrected chi connectivity index (χ1v) is 8.07. The van der Waals surface area contributed by atoms with Crippen LogP contribution in [0.1, 0.15) is 79.1 Å². The molecule has 3 nitrogen and oxygen atoms in total. The molecule has 0 aliphatic heterocycles. The summed E-state index contributed by atoms with van der Waals surface area (Å²) in [7, 11) is 0. The van der Waals surface area contributed by atoms with Crippen molar-refractivity contribution in [1.29, 1.82) is 0 Å². The first kappa shape index (κ1) is 19.0. The highest BCUT2D eigenvalue weighted by molar-refractivity contribution is 5.64. The number of amides is 1. The zero-order valence-electron chi connectivity index (χ0n) is 13.7. The highest BCUT2D eigenvalue weighted by Gasteiger charge is 2.14. The van der Waals surface area contributed by atoms with Crippen molar-refractivity contribution in [2.45, 2.75) is 85.1 Å². The standard InChI is InChI=1S/C10H20.C7H13NO2/c1-5-10(4)8-6-7-9(2)3;9-7(10)8-6-4-2-1-3-5-6/h5,9H,6-8H2,1-4H3;6,8H,1-5H2,(H,9,10). The second kappa shape index (κ2) is 11.8. The Bertz CT molecular complexity index is 279. The third-order valence-corrected chi connectivity index (χ3v) is 3.78. The van der Waals surface area contributed by atoms with Crippen LogP contribution in [0.5, 0.6) is 0 Å². The van der Waals surface area contributed by atoms with Crippen LogP contribution < -0.4 is 5.32 Å². The third kappa shape index (κ3) is 12.1. The summed E-state index contributed by atoms with van der Waals surface area (Å²) in [5, 5.41) is 10.9. The average Bonchev–Trinajstić information content (AvgIpc) is 2.39. The van der Waals surface area contributed by atoms with E-state index >= 15 is 0 Å². The van der Waals surface area contributed by atoms with Gasteiger partial charge in [-0.3, -0.25) is 0 Å². The van der Waals surface area contributed by atoms with E-state index in [1.165, 1.54) is 44.1 Å². The second-order valence-electron chi connectivity index (χ2n) is 6.21. The molecule has 118 valence electrons. The lowest BCUT2D eigenvalue weighted by molar-refractivity contribution is 0.186. The van der Waals surface area contributed by atoms with Crippen molar-refractivity contribution in [3.63, 3.8) is 0 Å². The maximum absolute atomic E-state index is 10.2. The van der Waals surface area contributed by atoms with Crippen molar-refractivity contribution in [3.05, 3.63) is 11.6 Å². The summed E-state index contributed by atoms with van der Waals surface area (Å²) in [5.41, 5.74) is 1.53. The molecule has 2 N–H and O–H groups in total. The summed E-state index contributed by atoms with van der Waals surface area (Å²) in [4.78, 5) is 10.2. The van der Waals surface area contributed by atoms with Crippen LogP contribution in [0.4, 0.5) is 4.79 Å². The van der Waals surface area contributed by atoms with Gasteiger partial charge >= 0.3 is 6.09 Å². The smallest absolute Gasteiger partial charge is 0.404 e. The second-order valence-corrected chi connectivity index (χ2v) is 6.21. The van der Waals surface area contributed by atoms with E-state index in [0.717, 1.165) is 18.8 Å². The summed E-state index contributed by atoms with van der Waals surface area (Å²) in [5.74, 6) is 0.865. The van der Waals surface area contributed by atoms with Crippen molar-refractivity contribution in [2.24, 2.45) is 5.92 Å². The topological polar surface area (TPSA) is 49.3 Å². The first-order chi connectivity index (χ1) is 9.45. The fourth-order valence-electron chi connectivity index (χ4n) is 2.36. The number of nitrogens with one attached hydrogen (secondary N) is 1. The van der Waals surface area contributed by atoms with Crippen molar-refractivity contribution < 1.29 is 9.90 Å². The molecule has 0 bridgehead atoms. The van der Waals surface area contributed by atoms with Gasteiger partial charge in [0.15, 0.2) is 0 Å². The van der Waals surface area contributed by atoms with E-state index in [0.29, 0.717) is 0 Å². The van der Waals surface area contributed by atoms with Crippen molar-refractivity contribution >= 4 is 6.09 Å². The number of hydrogen-bond donors (Lipinski definition) is 2. The molecule has 0 atom stereocenters. The van der Waals surface area contributed by atoms with Gasteiger partial charge in [0.2, 0.25) is 0 Å². The summed E-state index contributed by atoms with van der Waals surface area (Å²) in [6.45, 7) is 8.89. The van der Waals surface area contributed by atoms with Gasteiger partial charge in [-0.05, 0) is 45.4 Å². The zero-order valence-corrected chi connectivity index (χ0v) is 13.7. The Balaban J connectivity index is 0.000000361. The van der Waals surface area contributed by atoms with Crippen LogP contribution in [0.15, 0.2) is 11.6 Å². The minimum absolute atomic E-state index is 0.228. The molecular formula is C17H33NO2. The van der Waals surface area contributed by atoms with Crippen molar-refractivity contribution in [2.75, 3.05) is 0 Å². The molecule has 1 aliphatic carbocycles. The number of rotatable bonds is 5. The minimum atomic E-state index is -0.882. The molecule has 1 aliphatic rings. The molecule has 0 radical (unpaired) electrons. The van der Waals surface area contributed by atoms with Crippen molar-refractivity contribution in [3.8, 4) is 0 Å². The first-order valence-electron chi connectivity index (χ1n) is 8.07. The zero-order chi connectivity index (χ0) is 15.4. The summed E-state index contributed by atoms with van der Waals surface area (Å²) < 4.78 is 0. The Kier molecular flexibility index (Phi) is 11.2. The molecule has 0 unspecified atom stereocenters. The van der Waals surface area contributed by atoms with E-state index in [4.69, 9.17) is 5.11 Å². The molecule has 0 aromatic carbocycles. The maximum atomic E-state index is 10.2. The fourth-order valence-corrected chi connectivity index (χ4v) is 2.36. The fraction of sp³-hybridized carbons (Fsp3) is 0.824. The van der Waals surface area contributed by atoms with Gasteiger partial charge in [-0.1, -0.05) is 51.2 Å². The Morgan fingerprint density at radius 3 is 2.35 bits per heavy atom. The van der Waals surface area contributed by atoms with Crippen LogP contribution in [-0.4, -0.2) is 17.2 Å². The predicted molar refractivity (Wildman–Crippen MR) is 86.2 cm³/mol. The molecule has 0 heterocycles. The van der Waals surface area contributed by atoms with Gasteiger partial charge in [0.05, 0.1) is 0 Å². The van der Waals surface area contributed by atoms with Gasteiger partial charge in [0.1, 0.15) is 0 Å². The van der Waals surface area contributed by atoms with Crippen molar-refractivity contribution in [1.82, 2.24) is 5.32 Å². The highest BCUT2D eigenvalue weighted by Crippen LogP contribution is 2.16. The molecule has 0 spiro atoms. The lowest BCUT2D eigenvalue weighted by atomic mass is 9.96. The molecule has 1 saturated carbocycles. The van der Waals surface area contributed by atoms with Gasteiger partial charge in [-0.2, -0.15) is 0 Å². The van der Waals surface area contributed by atoms with E-state index in [1.54, 1.807) is 0 Å². The van der Waals surface area contributed by atoms with Gasteiger partial charge in [0.25, 0.3) is 0 Å². The monoisotopic (exact) mass is 283 g/mol. The number of carbonyl (C=O) groups is 1. The van der Waals surface area contributed by atoms with Crippen LogP contribution in [0.2, 0.25) is 0 Å². The Labute approximate surface area is 124 Å². The lowest BCUT2D eigenvalue weighted by Gasteiger charge is -2.20. The Morgan fingerprint density at radius 2 is 1.90 bits per heavy atom. The van der Waals surface area contributed by atoms with Crippen LogP contribution in [-0.2, 0) is 0 Å². The SMILES string of the molecule is CC=C(C)CCCC(C)C.O=C(O)NC1CCCCC1. The van der Waals surface area contributed by atoms with Gasteiger partial charge in [-0.25, -0.2) is 4.79 Å². The minimum Gasteiger partial charge on any atom is -0.465 e. The lowest BCUT2D eigenvalue weighted by Crippen LogP contribution is -2.34. The summed E-state index contributed by atoms with van der Waals surface area (Å²) >= 11 is 0. The number of carboxylic acid groups (broad SMARTS) is 1. The van der Waals surface area contributed by atoms with E-state index in [1.807, 2.05) is 0 Å².